The minimum Gasteiger partial charge on any atom is -0.480 e. The number of carbonyl (C=O) groups excluding carboxylic acids is 1. The van der Waals surface area contributed by atoms with Gasteiger partial charge in [-0.25, -0.2) is 0 Å². The maximum atomic E-state index is 10.4. The Morgan fingerprint density at radius 2 is 2.00 bits per heavy atom. The van der Waals surface area contributed by atoms with Crippen LogP contribution in [0, 0.1) is 0 Å². The van der Waals surface area contributed by atoms with Crippen molar-refractivity contribution in [3.05, 3.63) is 0 Å². The minimum atomic E-state index is -1.13. The van der Waals surface area contributed by atoms with Crippen LogP contribution < -0.4 is 5.32 Å². The fourth-order valence-corrected chi connectivity index (χ4v) is 0.501. The molecule has 1 atom stereocenters. The normalized spacial score (nSPS) is 12.7. The molecule has 4 heteroatoms. The Hall–Kier alpha value is -0.900. The number of ketones is 1. The molecule has 0 fully saturated rings. The van der Waals surface area contributed by atoms with Gasteiger partial charge in [-0.3, -0.25) is 9.59 Å². The number of Topliss-reactive ketones (excluding diaryl/α,β-unsaturated/α-hetero) is 1. The van der Waals surface area contributed by atoms with Crippen LogP contribution in [-0.2, 0) is 9.59 Å². The molecule has 0 aliphatic rings. The topological polar surface area (TPSA) is 66.4 Å². The summed E-state index contributed by atoms with van der Waals surface area (Å²) in [6, 6.07) is -1.05. The summed E-state index contributed by atoms with van der Waals surface area (Å²) in [5, 5.41) is 10.6. The summed E-state index contributed by atoms with van der Waals surface area (Å²) in [4.78, 5) is 20.5. The van der Waals surface area contributed by atoms with Crippen LogP contribution in [-0.4, -0.2) is 29.9 Å². The van der Waals surface area contributed by atoms with E-state index in [0.717, 1.165) is 0 Å². The van der Waals surface area contributed by atoms with Crippen molar-refractivity contribution in [2.45, 2.75) is 13.0 Å². The highest BCUT2D eigenvalue weighted by Gasteiger charge is 2.18. The second kappa shape index (κ2) is 3.19. The van der Waals surface area contributed by atoms with Gasteiger partial charge in [0.1, 0.15) is 0 Å². The van der Waals surface area contributed by atoms with Crippen molar-refractivity contribution in [2.75, 3.05) is 7.05 Å². The Morgan fingerprint density at radius 1 is 1.56 bits per heavy atom. The molecule has 1 unspecified atom stereocenters. The van der Waals surface area contributed by atoms with Crippen LogP contribution in [0.5, 0.6) is 0 Å². The van der Waals surface area contributed by atoms with E-state index in [-0.39, 0.29) is 5.78 Å². The zero-order chi connectivity index (χ0) is 7.44. The summed E-state index contributed by atoms with van der Waals surface area (Å²) in [5.74, 6) is -1.52. The third-order valence-corrected chi connectivity index (χ3v) is 0.942. The molecule has 0 heterocycles. The number of carbonyl (C=O) groups is 2. The van der Waals surface area contributed by atoms with E-state index in [0.29, 0.717) is 0 Å². The molecule has 0 rings (SSSR count). The van der Waals surface area contributed by atoms with Gasteiger partial charge in [0.05, 0.1) is 0 Å². The lowest BCUT2D eigenvalue weighted by atomic mass is 10.2. The van der Waals surface area contributed by atoms with E-state index in [1.165, 1.54) is 14.0 Å². The standard InChI is InChI=1S/C5H9NO3/c1-3(7)4(6-2)5(8)9/h4,6H,1-2H3,(H,8,9). The predicted molar refractivity (Wildman–Crippen MR) is 31.2 cm³/mol. The van der Waals surface area contributed by atoms with Crippen LogP contribution in [0.3, 0.4) is 0 Å². The maximum Gasteiger partial charge on any atom is 0.328 e. The molecule has 0 aliphatic carbocycles. The van der Waals surface area contributed by atoms with Gasteiger partial charge in [-0.15, -0.1) is 0 Å². The Kier molecular flexibility index (Phi) is 2.87. The fraction of sp³-hybridized carbons (Fsp3) is 0.600. The summed E-state index contributed by atoms with van der Waals surface area (Å²) in [5.41, 5.74) is 0. The Labute approximate surface area is 52.9 Å². The van der Waals surface area contributed by atoms with Crippen molar-refractivity contribution in [1.82, 2.24) is 5.32 Å². The molecule has 0 bridgehead atoms. The van der Waals surface area contributed by atoms with E-state index >= 15 is 0 Å². The molecule has 0 saturated carbocycles. The lowest BCUT2D eigenvalue weighted by Gasteiger charge is -2.04. The van der Waals surface area contributed by atoms with Crippen LogP contribution in [0.15, 0.2) is 0 Å². The van der Waals surface area contributed by atoms with Crippen LogP contribution in [0.4, 0.5) is 0 Å². The predicted octanol–water partition coefficient (Wildman–Crippen LogP) is -0.752. The Morgan fingerprint density at radius 3 is 2.00 bits per heavy atom. The van der Waals surface area contributed by atoms with Gasteiger partial charge in [-0.2, -0.15) is 0 Å². The van der Waals surface area contributed by atoms with E-state index < -0.39 is 12.0 Å². The Bertz CT molecular complexity index is 118. The number of carboxylic acids is 1. The van der Waals surface area contributed by atoms with Crippen LogP contribution in [0.25, 0.3) is 0 Å². The van der Waals surface area contributed by atoms with E-state index in [1.54, 1.807) is 0 Å². The van der Waals surface area contributed by atoms with Gasteiger partial charge in [-0.1, -0.05) is 0 Å². The Balaban J connectivity index is 3.99. The summed E-state index contributed by atoms with van der Waals surface area (Å²) < 4.78 is 0. The first-order chi connectivity index (χ1) is 4.09. The molecule has 0 aromatic carbocycles. The fourth-order valence-electron chi connectivity index (χ4n) is 0.501. The highest BCUT2D eigenvalue weighted by molar-refractivity contribution is 6.00. The molecule has 0 radical (unpaired) electrons. The van der Waals surface area contributed by atoms with E-state index in [1.807, 2.05) is 0 Å². The molecule has 4 nitrogen and oxygen atoms in total. The molecular formula is C5H9NO3. The summed E-state index contributed by atoms with van der Waals surface area (Å²) in [6.45, 7) is 1.23. The molecule has 0 aliphatic heterocycles. The monoisotopic (exact) mass is 131 g/mol. The number of likely N-dealkylation sites (N-methyl/N-ethyl adjacent to an activating group) is 1. The molecule has 0 amide bonds. The van der Waals surface area contributed by atoms with E-state index in [4.69, 9.17) is 5.11 Å². The van der Waals surface area contributed by atoms with Gasteiger partial charge in [0, 0.05) is 0 Å². The quantitative estimate of drug-likeness (QED) is 0.494. The average Bonchev–Trinajstić information content (AvgIpc) is 1.64. The molecule has 0 aromatic heterocycles. The molecule has 0 spiro atoms. The number of aliphatic carboxylic acids is 1. The lowest BCUT2D eigenvalue weighted by Crippen LogP contribution is -2.39. The second-order valence-electron chi connectivity index (χ2n) is 1.67. The summed E-state index contributed by atoms with van der Waals surface area (Å²) in [6.07, 6.45) is 0. The van der Waals surface area contributed by atoms with Gasteiger partial charge >= 0.3 is 5.97 Å². The highest BCUT2D eigenvalue weighted by atomic mass is 16.4. The smallest absolute Gasteiger partial charge is 0.328 e. The van der Waals surface area contributed by atoms with Crippen molar-refractivity contribution >= 4 is 11.8 Å². The van der Waals surface area contributed by atoms with Gasteiger partial charge in [0.15, 0.2) is 11.8 Å². The molecule has 52 valence electrons. The molecule has 0 aromatic rings. The first-order valence-corrected chi connectivity index (χ1v) is 2.50. The van der Waals surface area contributed by atoms with Crippen LogP contribution >= 0.6 is 0 Å². The third kappa shape index (κ3) is 2.23. The average molecular weight is 131 g/mol. The summed E-state index contributed by atoms with van der Waals surface area (Å²) >= 11 is 0. The van der Waals surface area contributed by atoms with Crippen molar-refractivity contribution in [3.63, 3.8) is 0 Å². The van der Waals surface area contributed by atoms with Crippen molar-refractivity contribution < 1.29 is 14.7 Å². The van der Waals surface area contributed by atoms with Gasteiger partial charge in [-0.05, 0) is 14.0 Å². The number of hydrogen-bond acceptors (Lipinski definition) is 3. The molecule has 9 heavy (non-hydrogen) atoms. The number of rotatable bonds is 3. The molecule has 0 saturated heterocycles. The first-order valence-electron chi connectivity index (χ1n) is 2.50. The largest absolute Gasteiger partial charge is 0.480 e. The zero-order valence-electron chi connectivity index (χ0n) is 5.34. The third-order valence-electron chi connectivity index (χ3n) is 0.942. The van der Waals surface area contributed by atoms with Gasteiger partial charge < -0.3 is 10.4 Å². The van der Waals surface area contributed by atoms with Gasteiger partial charge in [0.25, 0.3) is 0 Å². The van der Waals surface area contributed by atoms with Crippen molar-refractivity contribution in [3.8, 4) is 0 Å². The highest BCUT2D eigenvalue weighted by Crippen LogP contribution is 1.82. The number of nitrogens with one attached hydrogen (secondary N) is 1. The maximum absolute atomic E-state index is 10.4. The van der Waals surface area contributed by atoms with Crippen LogP contribution in [0.2, 0.25) is 0 Å². The van der Waals surface area contributed by atoms with Crippen molar-refractivity contribution in [1.29, 1.82) is 0 Å². The molecular weight excluding hydrogens is 122 g/mol. The zero-order valence-corrected chi connectivity index (χ0v) is 5.34. The van der Waals surface area contributed by atoms with Crippen molar-refractivity contribution in [2.24, 2.45) is 0 Å². The summed E-state index contributed by atoms with van der Waals surface area (Å²) in [7, 11) is 1.43. The minimum absolute atomic E-state index is 0.384. The van der Waals surface area contributed by atoms with E-state index in [2.05, 4.69) is 5.32 Å². The number of carboxylic acid groups (broad SMARTS) is 1. The lowest BCUT2D eigenvalue weighted by molar-refractivity contribution is -0.142. The SMILES string of the molecule is CNC(C(C)=O)C(=O)O. The second-order valence-corrected chi connectivity index (χ2v) is 1.67. The van der Waals surface area contributed by atoms with E-state index in [9.17, 15) is 9.59 Å². The van der Waals surface area contributed by atoms with Gasteiger partial charge in [0.2, 0.25) is 0 Å². The van der Waals surface area contributed by atoms with Crippen LogP contribution in [0.1, 0.15) is 6.92 Å². The number of hydrogen-bond donors (Lipinski definition) is 2. The molecule has 2 N–H and O–H groups in total. The first kappa shape index (κ1) is 8.10.